The summed E-state index contributed by atoms with van der Waals surface area (Å²) in [6.07, 6.45) is 4.87. The Morgan fingerprint density at radius 2 is 1.94 bits per heavy atom. The van der Waals surface area contributed by atoms with Crippen LogP contribution < -0.4 is 5.63 Å². The molecule has 0 amide bonds. The molecule has 2 aromatic heterocycles. The molecular weight excluding hydrogens is 230 g/mol. The maximum Gasteiger partial charge on any atom is 0.347 e. The number of aromatic nitrogens is 1. The van der Waals surface area contributed by atoms with Crippen LogP contribution in [0, 0.1) is 0 Å². The molecule has 0 unspecified atom stereocenters. The van der Waals surface area contributed by atoms with E-state index in [4.69, 9.17) is 8.83 Å². The van der Waals surface area contributed by atoms with E-state index >= 15 is 0 Å². The smallest absolute Gasteiger partial charge is 0.347 e. The lowest BCUT2D eigenvalue weighted by atomic mass is 10.2. The second kappa shape index (κ2) is 4.33. The predicted molar refractivity (Wildman–Crippen MR) is 67.9 cm³/mol. The summed E-state index contributed by atoms with van der Waals surface area (Å²) in [6, 6.07) is 10.7. The summed E-state index contributed by atoms with van der Waals surface area (Å²) in [5.74, 6) is 0.933. The Bertz CT molecular complexity index is 754. The van der Waals surface area contributed by atoms with Crippen molar-refractivity contribution in [1.82, 2.24) is 4.98 Å². The fourth-order valence-corrected chi connectivity index (χ4v) is 1.65. The van der Waals surface area contributed by atoms with Crippen LogP contribution in [0.3, 0.4) is 0 Å². The zero-order valence-corrected chi connectivity index (χ0v) is 9.37. The van der Waals surface area contributed by atoms with E-state index in [1.807, 2.05) is 6.07 Å². The van der Waals surface area contributed by atoms with E-state index in [1.54, 1.807) is 48.7 Å². The highest BCUT2D eigenvalue weighted by Gasteiger charge is 2.02. The van der Waals surface area contributed by atoms with E-state index in [2.05, 4.69) is 4.98 Å². The number of benzene rings is 1. The quantitative estimate of drug-likeness (QED) is 0.689. The van der Waals surface area contributed by atoms with Crippen molar-refractivity contribution in [1.29, 1.82) is 0 Å². The third-order valence-corrected chi connectivity index (χ3v) is 2.49. The van der Waals surface area contributed by atoms with E-state index in [0.717, 1.165) is 0 Å². The van der Waals surface area contributed by atoms with Gasteiger partial charge in [0, 0.05) is 6.08 Å². The van der Waals surface area contributed by atoms with E-state index in [1.165, 1.54) is 0 Å². The van der Waals surface area contributed by atoms with Crippen LogP contribution in [-0.2, 0) is 0 Å². The minimum absolute atomic E-state index is 0.259. The van der Waals surface area contributed by atoms with Crippen molar-refractivity contribution in [2.75, 3.05) is 0 Å². The normalized spacial score (nSPS) is 11.3. The molecule has 18 heavy (non-hydrogen) atoms. The first-order valence-electron chi connectivity index (χ1n) is 5.44. The van der Waals surface area contributed by atoms with Gasteiger partial charge in [0.25, 0.3) is 0 Å². The molecule has 88 valence electrons. The van der Waals surface area contributed by atoms with Crippen molar-refractivity contribution in [3.8, 4) is 0 Å². The molecule has 0 aliphatic heterocycles. The predicted octanol–water partition coefficient (Wildman–Crippen LogP) is 2.95. The standard InChI is InChI=1S/C14H9NO3/c16-14-11-5-1-2-6-12(11)15-13(18-14)8-7-10-4-3-9-17-10/h1-9H. The molecule has 0 fully saturated rings. The molecule has 0 atom stereocenters. The van der Waals surface area contributed by atoms with Crippen LogP contribution in [0.4, 0.5) is 0 Å². The molecule has 2 heterocycles. The van der Waals surface area contributed by atoms with Gasteiger partial charge >= 0.3 is 5.63 Å². The van der Waals surface area contributed by atoms with Crippen LogP contribution in [-0.4, -0.2) is 4.98 Å². The molecule has 0 spiro atoms. The van der Waals surface area contributed by atoms with Gasteiger partial charge in [0.2, 0.25) is 5.89 Å². The zero-order chi connectivity index (χ0) is 12.4. The number of para-hydroxylation sites is 1. The van der Waals surface area contributed by atoms with Gasteiger partial charge in [-0.15, -0.1) is 0 Å². The summed E-state index contributed by atoms with van der Waals surface area (Å²) in [5.41, 5.74) is 0.229. The van der Waals surface area contributed by atoms with Crippen molar-refractivity contribution in [2.45, 2.75) is 0 Å². The molecule has 4 heteroatoms. The molecule has 0 bridgehead atoms. The lowest BCUT2D eigenvalue weighted by Crippen LogP contribution is -2.02. The van der Waals surface area contributed by atoms with Gasteiger partial charge in [-0.2, -0.15) is 0 Å². The minimum Gasteiger partial charge on any atom is -0.465 e. The number of nitrogens with zero attached hydrogens (tertiary/aromatic N) is 1. The Hall–Kier alpha value is -2.62. The largest absolute Gasteiger partial charge is 0.465 e. The van der Waals surface area contributed by atoms with Gasteiger partial charge in [-0.05, 0) is 30.3 Å². The molecule has 0 saturated heterocycles. The highest BCUT2D eigenvalue weighted by molar-refractivity contribution is 5.77. The Kier molecular flexibility index (Phi) is 2.53. The molecule has 0 saturated carbocycles. The lowest BCUT2D eigenvalue weighted by Gasteiger charge is -1.96. The Morgan fingerprint density at radius 1 is 1.06 bits per heavy atom. The Morgan fingerprint density at radius 3 is 2.78 bits per heavy atom. The molecule has 0 aliphatic rings. The maximum absolute atomic E-state index is 11.7. The molecule has 0 aliphatic carbocycles. The van der Waals surface area contributed by atoms with Gasteiger partial charge in [-0.3, -0.25) is 0 Å². The van der Waals surface area contributed by atoms with Gasteiger partial charge in [0.15, 0.2) is 0 Å². The fraction of sp³-hybridized carbons (Fsp3) is 0. The number of hydrogen-bond acceptors (Lipinski definition) is 4. The first-order valence-corrected chi connectivity index (χ1v) is 5.44. The van der Waals surface area contributed by atoms with Gasteiger partial charge < -0.3 is 8.83 Å². The molecule has 4 nitrogen and oxygen atoms in total. The van der Waals surface area contributed by atoms with Crippen molar-refractivity contribution in [3.05, 3.63) is 64.7 Å². The lowest BCUT2D eigenvalue weighted by molar-refractivity contribution is 0.490. The maximum atomic E-state index is 11.7. The summed E-state index contributed by atoms with van der Waals surface area (Å²) in [7, 11) is 0. The average Bonchev–Trinajstić information content (AvgIpc) is 2.90. The monoisotopic (exact) mass is 239 g/mol. The molecule has 3 aromatic rings. The van der Waals surface area contributed by atoms with Crippen LogP contribution in [0.5, 0.6) is 0 Å². The summed E-state index contributed by atoms with van der Waals surface area (Å²) in [5, 5.41) is 0.479. The summed E-state index contributed by atoms with van der Waals surface area (Å²) < 4.78 is 10.2. The number of hydrogen-bond donors (Lipinski definition) is 0. The highest BCUT2D eigenvalue weighted by atomic mass is 16.4. The van der Waals surface area contributed by atoms with Gasteiger partial charge in [-0.25, -0.2) is 9.78 Å². The minimum atomic E-state index is -0.389. The molecule has 3 rings (SSSR count). The second-order valence-electron chi connectivity index (χ2n) is 3.71. The number of rotatable bonds is 2. The van der Waals surface area contributed by atoms with E-state index in [0.29, 0.717) is 16.7 Å². The van der Waals surface area contributed by atoms with Crippen LogP contribution >= 0.6 is 0 Å². The van der Waals surface area contributed by atoms with E-state index < -0.39 is 0 Å². The van der Waals surface area contributed by atoms with Crippen LogP contribution in [0.25, 0.3) is 23.1 Å². The zero-order valence-electron chi connectivity index (χ0n) is 9.37. The number of furan rings is 1. The van der Waals surface area contributed by atoms with Crippen molar-refractivity contribution in [3.63, 3.8) is 0 Å². The molecule has 0 radical (unpaired) electrons. The summed E-state index contributed by atoms with van der Waals surface area (Å²) in [6.45, 7) is 0. The van der Waals surface area contributed by atoms with Gasteiger partial charge in [-0.1, -0.05) is 12.1 Å². The third-order valence-electron chi connectivity index (χ3n) is 2.49. The topological polar surface area (TPSA) is 56.2 Å². The summed E-state index contributed by atoms with van der Waals surface area (Å²) in [4.78, 5) is 15.9. The number of fused-ring (bicyclic) bond motifs is 1. The van der Waals surface area contributed by atoms with Crippen LogP contribution in [0.2, 0.25) is 0 Å². The first-order chi connectivity index (χ1) is 8.83. The van der Waals surface area contributed by atoms with Crippen LogP contribution in [0.1, 0.15) is 11.7 Å². The van der Waals surface area contributed by atoms with E-state index in [9.17, 15) is 4.79 Å². The van der Waals surface area contributed by atoms with Crippen molar-refractivity contribution in [2.24, 2.45) is 0 Å². The first kappa shape index (κ1) is 10.5. The van der Waals surface area contributed by atoms with Crippen molar-refractivity contribution < 1.29 is 8.83 Å². The van der Waals surface area contributed by atoms with Crippen molar-refractivity contribution >= 4 is 23.1 Å². The molecule has 0 N–H and O–H groups in total. The molecule has 1 aromatic carbocycles. The Balaban J connectivity index is 2.06. The Labute approximate surface area is 102 Å². The highest BCUT2D eigenvalue weighted by Crippen LogP contribution is 2.10. The van der Waals surface area contributed by atoms with Gasteiger partial charge in [0.05, 0.1) is 17.2 Å². The average molecular weight is 239 g/mol. The van der Waals surface area contributed by atoms with E-state index in [-0.39, 0.29) is 11.5 Å². The second-order valence-corrected chi connectivity index (χ2v) is 3.71. The van der Waals surface area contributed by atoms with Gasteiger partial charge in [0.1, 0.15) is 5.76 Å². The van der Waals surface area contributed by atoms with Crippen LogP contribution in [0.15, 0.2) is 56.3 Å². The molecular formula is C14H9NO3. The summed E-state index contributed by atoms with van der Waals surface area (Å²) >= 11 is 0. The SMILES string of the molecule is O=c1oc(C=Cc2ccco2)nc2ccccc12. The fourth-order valence-electron chi connectivity index (χ4n) is 1.65. The third kappa shape index (κ3) is 1.96.